The highest BCUT2D eigenvalue weighted by molar-refractivity contribution is 5.48. The number of rotatable bonds is 4. The molecule has 0 aliphatic rings. The van der Waals surface area contributed by atoms with Crippen molar-refractivity contribution in [2.75, 3.05) is 5.32 Å². The van der Waals surface area contributed by atoms with Crippen molar-refractivity contribution in [3.8, 4) is 0 Å². The second-order valence-corrected chi connectivity index (χ2v) is 5.31. The van der Waals surface area contributed by atoms with Gasteiger partial charge < -0.3 is 5.32 Å². The summed E-state index contributed by atoms with van der Waals surface area (Å²) in [4.78, 5) is 0. The molecule has 0 aliphatic carbocycles. The number of halogens is 2. The van der Waals surface area contributed by atoms with E-state index < -0.39 is 11.6 Å². The van der Waals surface area contributed by atoms with Crippen LogP contribution in [-0.4, -0.2) is 0 Å². The molecule has 0 aromatic heterocycles. The molecular formula is C17H19F2N. The van der Waals surface area contributed by atoms with E-state index in [-0.39, 0.29) is 6.04 Å². The van der Waals surface area contributed by atoms with Crippen LogP contribution < -0.4 is 5.32 Å². The van der Waals surface area contributed by atoms with Gasteiger partial charge in [0, 0.05) is 17.3 Å². The van der Waals surface area contributed by atoms with Crippen LogP contribution in [0.1, 0.15) is 43.9 Å². The quantitative estimate of drug-likeness (QED) is 0.802. The van der Waals surface area contributed by atoms with Crippen LogP contribution in [0.4, 0.5) is 14.5 Å². The molecule has 106 valence electrons. The predicted molar refractivity (Wildman–Crippen MR) is 78.9 cm³/mol. The van der Waals surface area contributed by atoms with E-state index in [1.807, 2.05) is 19.1 Å². The van der Waals surface area contributed by atoms with E-state index in [0.717, 1.165) is 11.8 Å². The Morgan fingerprint density at radius 2 is 1.70 bits per heavy atom. The van der Waals surface area contributed by atoms with Crippen LogP contribution >= 0.6 is 0 Å². The van der Waals surface area contributed by atoms with Gasteiger partial charge in [-0.1, -0.05) is 32.0 Å². The minimum absolute atomic E-state index is 0.224. The van der Waals surface area contributed by atoms with Crippen molar-refractivity contribution in [1.29, 1.82) is 0 Å². The maximum atomic E-state index is 13.7. The second-order valence-electron chi connectivity index (χ2n) is 5.31. The maximum Gasteiger partial charge on any atom is 0.131 e. The van der Waals surface area contributed by atoms with E-state index in [4.69, 9.17) is 0 Å². The van der Waals surface area contributed by atoms with Crippen molar-refractivity contribution in [2.24, 2.45) is 0 Å². The molecule has 2 aromatic carbocycles. The van der Waals surface area contributed by atoms with Crippen molar-refractivity contribution >= 4 is 5.69 Å². The van der Waals surface area contributed by atoms with Gasteiger partial charge in [0.1, 0.15) is 11.6 Å². The molecule has 0 saturated heterocycles. The molecule has 3 heteroatoms. The van der Waals surface area contributed by atoms with Crippen LogP contribution in [0.2, 0.25) is 0 Å². The van der Waals surface area contributed by atoms with Gasteiger partial charge in [-0.2, -0.15) is 0 Å². The third-order valence-corrected chi connectivity index (χ3v) is 3.37. The third kappa shape index (κ3) is 3.35. The van der Waals surface area contributed by atoms with Gasteiger partial charge in [0.05, 0.1) is 6.04 Å². The molecule has 1 unspecified atom stereocenters. The Bertz CT molecular complexity index is 593. The molecule has 1 atom stereocenters. The molecule has 20 heavy (non-hydrogen) atoms. The minimum Gasteiger partial charge on any atom is -0.378 e. The molecule has 0 heterocycles. The molecule has 1 nitrogen and oxygen atoms in total. The van der Waals surface area contributed by atoms with Crippen molar-refractivity contribution in [2.45, 2.75) is 32.7 Å². The first-order chi connectivity index (χ1) is 9.47. The van der Waals surface area contributed by atoms with Gasteiger partial charge in [-0.3, -0.25) is 0 Å². The van der Waals surface area contributed by atoms with Gasteiger partial charge in [-0.05, 0) is 36.6 Å². The number of hydrogen-bond donors (Lipinski definition) is 1. The second kappa shape index (κ2) is 6.04. The van der Waals surface area contributed by atoms with Crippen LogP contribution in [0, 0.1) is 11.6 Å². The topological polar surface area (TPSA) is 12.0 Å². The molecule has 0 radical (unpaired) electrons. The molecule has 0 bridgehead atoms. The number of hydrogen-bond acceptors (Lipinski definition) is 1. The average molecular weight is 275 g/mol. The number of nitrogens with one attached hydrogen (secondary N) is 1. The van der Waals surface area contributed by atoms with Crippen molar-refractivity contribution < 1.29 is 8.78 Å². The highest BCUT2D eigenvalue weighted by Gasteiger charge is 2.12. The molecule has 0 saturated carbocycles. The molecule has 1 N–H and O–H groups in total. The summed E-state index contributed by atoms with van der Waals surface area (Å²) in [6.45, 7) is 6.11. The summed E-state index contributed by atoms with van der Waals surface area (Å²) >= 11 is 0. The van der Waals surface area contributed by atoms with Gasteiger partial charge in [0.25, 0.3) is 0 Å². The fourth-order valence-corrected chi connectivity index (χ4v) is 2.17. The van der Waals surface area contributed by atoms with Crippen molar-refractivity contribution in [3.63, 3.8) is 0 Å². The Balaban J connectivity index is 2.19. The Hall–Kier alpha value is -1.90. The molecule has 2 aromatic rings. The van der Waals surface area contributed by atoms with Crippen LogP contribution in [0.25, 0.3) is 0 Å². The molecule has 0 spiro atoms. The van der Waals surface area contributed by atoms with Crippen LogP contribution in [-0.2, 0) is 0 Å². The van der Waals surface area contributed by atoms with E-state index in [1.54, 1.807) is 0 Å². The number of anilines is 1. The SMILES string of the molecule is CC(C)c1cccc(NC(C)c2ccc(F)cc2F)c1. The fraction of sp³-hybridized carbons (Fsp3) is 0.294. The monoisotopic (exact) mass is 275 g/mol. The molecule has 0 aliphatic heterocycles. The third-order valence-electron chi connectivity index (χ3n) is 3.37. The Morgan fingerprint density at radius 1 is 0.950 bits per heavy atom. The largest absolute Gasteiger partial charge is 0.378 e. The summed E-state index contributed by atoms with van der Waals surface area (Å²) in [5, 5.41) is 3.25. The summed E-state index contributed by atoms with van der Waals surface area (Å²) in [5.41, 5.74) is 2.62. The average Bonchev–Trinajstić information content (AvgIpc) is 2.38. The van der Waals surface area contributed by atoms with Gasteiger partial charge in [-0.15, -0.1) is 0 Å². The van der Waals surface area contributed by atoms with Crippen molar-refractivity contribution in [3.05, 3.63) is 65.2 Å². The lowest BCUT2D eigenvalue weighted by atomic mass is 10.0. The first-order valence-electron chi connectivity index (χ1n) is 6.79. The minimum atomic E-state index is -0.555. The standard InChI is InChI=1S/C17H19F2N/c1-11(2)13-5-4-6-15(9-13)20-12(3)16-8-7-14(18)10-17(16)19/h4-12,20H,1-3H3. The summed E-state index contributed by atoms with van der Waals surface area (Å²) in [6, 6.07) is 11.5. The zero-order chi connectivity index (χ0) is 14.7. The van der Waals surface area contributed by atoms with Gasteiger partial charge in [0.15, 0.2) is 0 Å². The van der Waals surface area contributed by atoms with Gasteiger partial charge >= 0.3 is 0 Å². The zero-order valence-corrected chi connectivity index (χ0v) is 12.0. The van der Waals surface area contributed by atoms with Crippen LogP contribution in [0.5, 0.6) is 0 Å². The van der Waals surface area contributed by atoms with E-state index in [2.05, 4.69) is 31.3 Å². The normalized spacial score (nSPS) is 12.5. The van der Waals surface area contributed by atoms with Gasteiger partial charge in [-0.25, -0.2) is 8.78 Å². The predicted octanol–water partition coefficient (Wildman–Crippen LogP) is 5.26. The first-order valence-corrected chi connectivity index (χ1v) is 6.79. The van der Waals surface area contributed by atoms with Crippen molar-refractivity contribution in [1.82, 2.24) is 0 Å². The Kier molecular flexibility index (Phi) is 4.38. The van der Waals surface area contributed by atoms with Crippen LogP contribution in [0.15, 0.2) is 42.5 Å². The first kappa shape index (κ1) is 14.5. The zero-order valence-electron chi connectivity index (χ0n) is 12.0. The maximum absolute atomic E-state index is 13.7. The van der Waals surface area contributed by atoms with E-state index >= 15 is 0 Å². The molecule has 0 amide bonds. The smallest absolute Gasteiger partial charge is 0.131 e. The van der Waals surface area contributed by atoms with Crippen LogP contribution in [0.3, 0.4) is 0 Å². The highest BCUT2D eigenvalue weighted by Crippen LogP contribution is 2.24. The molecule has 0 fully saturated rings. The Morgan fingerprint density at radius 3 is 2.35 bits per heavy atom. The summed E-state index contributed by atoms with van der Waals surface area (Å²) in [6.07, 6.45) is 0. The summed E-state index contributed by atoms with van der Waals surface area (Å²) in [5.74, 6) is -0.639. The van der Waals surface area contributed by atoms with E-state index in [9.17, 15) is 8.78 Å². The van der Waals surface area contributed by atoms with E-state index in [1.165, 1.54) is 17.7 Å². The van der Waals surface area contributed by atoms with Gasteiger partial charge in [0.2, 0.25) is 0 Å². The lowest BCUT2D eigenvalue weighted by molar-refractivity contribution is 0.566. The summed E-state index contributed by atoms with van der Waals surface area (Å²) in [7, 11) is 0. The molecular weight excluding hydrogens is 256 g/mol. The molecule has 2 rings (SSSR count). The summed E-state index contributed by atoms with van der Waals surface area (Å²) < 4.78 is 26.7. The number of benzene rings is 2. The van der Waals surface area contributed by atoms with E-state index in [0.29, 0.717) is 11.5 Å². The Labute approximate surface area is 118 Å². The lowest BCUT2D eigenvalue weighted by Gasteiger charge is -2.17. The lowest BCUT2D eigenvalue weighted by Crippen LogP contribution is -2.09. The fourth-order valence-electron chi connectivity index (χ4n) is 2.17. The highest BCUT2D eigenvalue weighted by atomic mass is 19.1.